The molecule has 0 aliphatic heterocycles. The van der Waals surface area contributed by atoms with Gasteiger partial charge in [-0.15, -0.1) is 0 Å². The predicted molar refractivity (Wildman–Crippen MR) is 129 cm³/mol. The van der Waals surface area contributed by atoms with Gasteiger partial charge < -0.3 is 9.64 Å². The molecule has 1 N–H and O–H groups in total. The van der Waals surface area contributed by atoms with Crippen LogP contribution < -0.4 is 9.46 Å². The van der Waals surface area contributed by atoms with Gasteiger partial charge in [0.1, 0.15) is 5.75 Å². The number of hydrogen-bond donors (Lipinski definition) is 1. The molecular formula is C26H30N2O4S. The van der Waals surface area contributed by atoms with Gasteiger partial charge in [0.05, 0.1) is 17.5 Å². The zero-order valence-corrected chi connectivity index (χ0v) is 20.0. The number of nitrogens with one attached hydrogen (secondary N) is 1. The van der Waals surface area contributed by atoms with Crippen LogP contribution >= 0.6 is 0 Å². The van der Waals surface area contributed by atoms with Crippen LogP contribution in [0.4, 0.5) is 0 Å². The van der Waals surface area contributed by atoms with Crippen molar-refractivity contribution in [2.45, 2.75) is 44.8 Å². The molecule has 0 aliphatic carbocycles. The molecule has 1 atom stereocenters. The number of amides is 1. The van der Waals surface area contributed by atoms with Gasteiger partial charge in [0, 0.05) is 13.1 Å². The Morgan fingerprint density at radius 3 is 1.97 bits per heavy atom. The molecule has 0 saturated heterocycles. The molecule has 1 amide bonds. The van der Waals surface area contributed by atoms with Crippen molar-refractivity contribution in [2.24, 2.45) is 0 Å². The quantitative estimate of drug-likeness (QED) is 0.484. The van der Waals surface area contributed by atoms with E-state index in [1.54, 1.807) is 30.9 Å². The summed E-state index contributed by atoms with van der Waals surface area (Å²) < 4.78 is 34.0. The molecule has 3 aromatic carbocycles. The SMILES string of the molecule is CCOc1ccc(S(=O)(=O)N[C@H](C)C(=O)N(Cc2ccccc2)Cc2ccccc2)cc1C. The Hall–Kier alpha value is -3.16. The van der Waals surface area contributed by atoms with Crippen LogP contribution in [0.3, 0.4) is 0 Å². The standard InChI is InChI=1S/C26H30N2O4S/c1-4-32-25-16-15-24(17-20(25)2)33(30,31)27-21(3)26(29)28(18-22-11-7-5-8-12-22)19-23-13-9-6-10-14-23/h5-17,21,27H,4,18-19H2,1-3H3/t21-/m1/s1. The van der Waals surface area contributed by atoms with Gasteiger partial charge in [0.25, 0.3) is 0 Å². The fourth-order valence-electron chi connectivity index (χ4n) is 3.55. The average Bonchev–Trinajstić information content (AvgIpc) is 2.80. The monoisotopic (exact) mass is 466 g/mol. The topological polar surface area (TPSA) is 75.7 Å². The molecule has 33 heavy (non-hydrogen) atoms. The van der Waals surface area contributed by atoms with Crippen LogP contribution in [0, 0.1) is 6.92 Å². The highest BCUT2D eigenvalue weighted by molar-refractivity contribution is 7.89. The molecule has 0 radical (unpaired) electrons. The molecule has 0 aromatic heterocycles. The molecule has 7 heteroatoms. The number of ether oxygens (including phenoxy) is 1. The number of sulfonamides is 1. The number of carbonyl (C=O) groups is 1. The molecule has 0 aliphatic rings. The highest BCUT2D eigenvalue weighted by atomic mass is 32.2. The summed E-state index contributed by atoms with van der Waals surface area (Å²) in [5.41, 5.74) is 2.66. The highest BCUT2D eigenvalue weighted by Crippen LogP contribution is 2.22. The van der Waals surface area contributed by atoms with E-state index in [1.807, 2.05) is 67.6 Å². The summed E-state index contributed by atoms with van der Waals surface area (Å²) in [6.07, 6.45) is 0. The number of benzene rings is 3. The number of hydrogen-bond acceptors (Lipinski definition) is 4. The second-order valence-corrected chi connectivity index (χ2v) is 9.58. The Morgan fingerprint density at radius 1 is 0.939 bits per heavy atom. The third-order valence-corrected chi connectivity index (χ3v) is 6.74. The van der Waals surface area contributed by atoms with Gasteiger partial charge in [-0.2, -0.15) is 4.72 Å². The van der Waals surface area contributed by atoms with Crippen molar-refractivity contribution >= 4 is 15.9 Å². The molecule has 0 heterocycles. The first-order chi connectivity index (χ1) is 15.8. The summed E-state index contributed by atoms with van der Waals surface area (Å²) in [5, 5.41) is 0. The largest absolute Gasteiger partial charge is 0.494 e. The number of rotatable bonds is 10. The Morgan fingerprint density at radius 2 is 1.48 bits per heavy atom. The van der Waals surface area contributed by atoms with Gasteiger partial charge in [0.15, 0.2) is 0 Å². The van der Waals surface area contributed by atoms with E-state index in [4.69, 9.17) is 4.74 Å². The van der Waals surface area contributed by atoms with Gasteiger partial charge in [-0.25, -0.2) is 8.42 Å². The van der Waals surface area contributed by atoms with E-state index in [2.05, 4.69) is 4.72 Å². The van der Waals surface area contributed by atoms with Crippen LogP contribution in [-0.2, 0) is 27.9 Å². The van der Waals surface area contributed by atoms with Crippen LogP contribution in [0.25, 0.3) is 0 Å². The maximum Gasteiger partial charge on any atom is 0.241 e. The van der Waals surface area contributed by atoms with Crippen molar-refractivity contribution in [3.8, 4) is 5.75 Å². The van der Waals surface area contributed by atoms with Crippen LogP contribution in [-0.4, -0.2) is 31.9 Å². The zero-order valence-electron chi connectivity index (χ0n) is 19.2. The summed E-state index contributed by atoms with van der Waals surface area (Å²) in [6, 6.07) is 23.0. The number of carbonyl (C=O) groups excluding carboxylic acids is 1. The molecule has 3 aromatic rings. The molecule has 0 bridgehead atoms. The Labute approximate surface area is 196 Å². The third kappa shape index (κ3) is 6.66. The second-order valence-electron chi connectivity index (χ2n) is 7.87. The summed E-state index contributed by atoms with van der Waals surface area (Å²) >= 11 is 0. The normalized spacial score (nSPS) is 12.2. The van der Waals surface area contributed by atoms with Gasteiger partial charge in [-0.1, -0.05) is 60.7 Å². The molecule has 0 saturated carbocycles. The van der Waals surface area contributed by atoms with Crippen LogP contribution in [0.2, 0.25) is 0 Å². The molecule has 3 rings (SSSR count). The van der Waals surface area contributed by atoms with Gasteiger partial charge in [-0.3, -0.25) is 4.79 Å². The van der Waals surface area contributed by atoms with E-state index in [0.29, 0.717) is 31.0 Å². The molecule has 0 fully saturated rings. The Bertz CT molecular complexity index is 1120. The van der Waals surface area contributed by atoms with Gasteiger partial charge in [0.2, 0.25) is 15.9 Å². The van der Waals surface area contributed by atoms with E-state index in [1.165, 1.54) is 6.07 Å². The lowest BCUT2D eigenvalue weighted by Crippen LogP contribution is -2.46. The first kappa shape index (κ1) is 24.5. The second kappa shape index (κ2) is 11.1. The first-order valence-corrected chi connectivity index (χ1v) is 12.4. The highest BCUT2D eigenvalue weighted by Gasteiger charge is 2.26. The minimum Gasteiger partial charge on any atom is -0.494 e. The maximum atomic E-state index is 13.3. The lowest BCUT2D eigenvalue weighted by atomic mass is 10.1. The zero-order chi connectivity index (χ0) is 23.8. The lowest BCUT2D eigenvalue weighted by Gasteiger charge is -2.26. The Balaban J connectivity index is 1.79. The molecule has 6 nitrogen and oxygen atoms in total. The summed E-state index contributed by atoms with van der Waals surface area (Å²) in [7, 11) is -3.89. The number of aryl methyl sites for hydroxylation is 1. The van der Waals surface area contributed by atoms with Gasteiger partial charge >= 0.3 is 0 Å². The fraction of sp³-hybridized carbons (Fsp3) is 0.269. The first-order valence-electron chi connectivity index (χ1n) is 10.9. The van der Waals surface area contributed by atoms with Crippen molar-refractivity contribution in [3.63, 3.8) is 0 Å². The van der Waals surface area contributed by atoms with Crippen molar-refractivity contribution in [2.75, 3.05) is 6.61 Å². The minimum absolute atomic E-state index is 0.0979. The van der Waals surface area contributed by atoms with E-state index in [9.17, 15) is 13.2 Å². The fourth-order valence-corrected chi connectivity index (χ4v) is 4.83. The van der Waals surface area contributed by atoms with Crippen LogP contribution in [0.15, 0.2) is 83.8 Å². The van der Waals surface area contributed by atoms with Crippen LogP contribution in [0.5, 0.6) is 5.75 Å². The maximum absolute atomic E-state index is 13.3. The summed E-state index contributed by atoms with van der Waals surface area (Å²) in [4.78, 5) is 15.1. The van der Waals surface area contributed by atoms with Gasteiger partial charge in [-0.05, 0) is 55.7 Å². The number of nitrogens with zero attached hydrogens (tertiary/aromatic N) is 1. The molecule has 0 spiro atoms. The van der Waals surface area contributed by atoms with E-state index in [-0.39, 0.29) is 10.8 Å². The lowest BCUT2D eigenvalue weighted by molar-refractivity contribution is -0.133. The van der Waals surface area contributed by atoms with Crippen molar-refractivity contribution in [3.05, 3.63) is 95.6 Å². The molecular weight excluding hydrogens is 436 g/mol. The van der Waals surface area contributed by atoms with E-state index >= 15 is 0 Å². The average molecular weight is 467 g/mol. The smallest absolute Gasteiger partial charge is 0.241 e. The summed E-state index contributed by atoms with van der Waals surface area (Å²) in [5.74, 6) is 0.339. The third-order valence-electron chi connectivity index (χ3n) is 5.20. The minimum atomic E-state index is -3.89. The molecule has 174 valence electrons. The van der Waals surface area contributed by atoms with E-state index in [0.717, 1.165) is 11.1 Å². The predicted octanol–water partition coefficient (Wildman–Crippen LogP) is 4.29. The van der Waals surface area contributed by atoms with Crippen molar-refractivity contribution < 1.29 is 17.9 Å². The van der Waals surface area contributed by atoms with Crippen molar-refractivity contribution in [1.29, 1.82) is 0 Å². The molecule has 0 unspecified atom stereocenters. The Kier molecular flexibility index (Phi) is 8.25. The van der Waals surface area contributed by atoms with Crippen LogP contribution in [0.1, 0.15) is 30.5 Å². The van der Waals surface area contributed by atoms with E-state index < -0.39 is 16.1 Å². The summed E-state index contributed by atoms with van der Waals surface area (Å²) in [6.45, 7) is 6.49. The van der Waals surface area contributed by atoms with Crippen molar-refractivity contribution in [1.82, 2.24) is 9.62 Å².